The topological polar surface area (TPSA) is 80.1 Å². The van der Waals surface area contributed by atoms with Crippen LogP contribution in [0.25, 0.3) is 16.9 Å². The molecule has 0 aliphatic carbocycles. The number of pyridine rings is 1. The number of anilines is 1. The highest BCUT2D eigenvalue weighted by atomic mass is 35.5. The van der Waals surface area contributed by atoms with E-state index in [0.29, 0.717) is 22.2 Å². The summed E-state index contributed by atoms with van der Waals surface area (Å²) in [4.78, 5) is 32.7. The van der Waals surface area contributed by atoms with Crippen LogP contribution < -0.4 is 10.2 Å². The highest BCUT2D eigenvalue weighted by Crippen LogP contribution is 2.49. The first-order chi connectivity index (χ1) is 20.5. The van der Waals surface area contributed by atoms with E-state index >= 15 is 0 Å². The Morgan fingerprint density at radius 3 is 2.50 bits per heavy atom. The van der Waals surface area contributed by atoms with Crippen LogP contribution in [0.4, 0.5) is 10.2 Å². The number of fused-ring (bicyclic) bond motifs is 1. The van der Waals surface area contributed by atoms with Crippen LogP contribution in [0.5, 0.6) is 0 Å². The van der Waals surface area contributed by atoms with E-state index in [-0.39, 0.29) is 35.9 Å². The first-order valence-electron chi connectivity index (χ1n) is 13.3. The number of amides is 2. The molecule has 1 unspecified atom stereocenters. The summed E-state index contributed by atoms with van der Waals surface area (Å²) in [7, 11) is 0. The Labute approximate surface area is 251 Å². The average Bonchev–Trinajstić information content (AvgIpc) is 3.34. The molecule has 0 saturated heterocycles. The van der Waals surface area contributed by atoms with Crippen LogP contribution in [-0.2, 0) is 16.1 Å². The van der Waals surface area contributed by atoms with Gasteiger partial charge >= 0.3 is 0 Å². The number of nitrogens with zero attached hydrogens (tertiary/aromatic N) is 4. The van der Waals surface area contributed by atoms with E-state index in [2.05, 4.69) is 10.3 Å². The van der Waals surface area contributed by atoms with Crippen molar-refractivity contribution in [2.45, 2.75) is 11.8 Å². The number of nitrogens with one attached hydrogen (secondary N) is 1. The number of aromatic nitrogens is 3. The van der Waals surface area contributed by atoms with Crippen LogP contribution in [0.1, 0.15) is 21.9 Å². The summed E-state index contributed by atoms with van der Waals surface area (Å²) in [5, 5.41) is 8.08. The van der Waals surface area contributed by atoms with E-state index in [1.807, 2.05) is 60.7 Å². The highest BCUT2D eigenvalue weighted by molar-refractivity contribution is 8.00. The lowest BCUT2D eigenvalue weighted by molar-refractivity contribution is -0.123. The minimum atomic E-state index is -0.396. The number of halogens is 2. The van der Waals surface area contributed by atoms with E-state index in [0.717, 1.165) is 22.3 Å². The fourth-order valence-electron chi connectivity index (χ4n) is 4.93. The smallest absolute Gasteiger partial charge is 0.240 e. The molecule has 10 heteroatoms. The fourth-order valence-corrected chi connectivity index (χ4v) is 6.47. The maximum absolute atomic E-state index is 14.0. The summed E-state index contributed by atoms with van der Waals surface area (Å²) < 4.78 is 15.6. The number of benzene rings is 3. The molecular weight excluding hydrogens is 573 g/mol. The van der Waals surface area contributed by atoms with Crippen LogP contribution in [0.15, 0.2) is 103 Å². The molecule has 1 aliphatic rings. The van der Waals surface area contributed by atoms with Gasteiger partial charge in [-0.25, -0.2) is 9.07 Å². The van der Waals surface area contributed by atoms with Crippen LogP contribution in [0, 0.1) is 5.82 Å². The van der Waals surface area contributed by atoms with Gasteiger partial charge in [0.1, 0.15) is 18.2 Å². The second-order valence-electron chi connectivity index (χ2n) is 9.67. The number of carbonyl (C=O) groups excluding carboxylic acids is 2. The molecule has 210 valence electrons. The Bertz CT molecular complexity index is 1730. The molecule has 0 bridgehead atoms. The third-order valence-corrected chi connectivity index (χ3v) is 8.49. The summed E-state index contributed by atoms with van der Waals surface area (Å²) >= 11 is 8.16. The van der Waals surface area contributed by atoms with Crippen molar-refractivity contribution in [1.82, 2.24) is 20.1 Å². The van der Waals surface area contributed by atoms with Gasteiger partial charge in [-0.1, -0.05) is 66.2 Å². The Morgan fingerprint density at radius 1 is 1.00 bits per heavy atom. The minimum absolute atomic E-state index is 0.109. The third-order valence-electron chi connectivity index (χ3n) is 6.91. The summed E-state index contributed by atoms with van der Waals surface area (Å²) in [6, 6.07) is 26.7. The minimum Gasteiger partial charge on any atom is -0.350 e. The third kappa shape index (κ3) is 5.66. The van der Waals surface area contributed by atoms with Gasteiger partial charge in [-0.3, -0.25) is 19.5 Å². The van der Waals surface area contributed by atoms with Gasteiger partial charge in [0.05, 0.1) is 22.4 Å². The molecule has 3 aromatic carbocycles. The van der Waals surface area contributed by atoms with Crippen LogP contribution in [-0.4, -0.2) is 38.9 Å². The van der Waals surface area contributed by atoms with Gasteiger partial charge in [0.2, 0.25) is 11.8 Å². The number of carbonyl (C=O) groups is 2. The number of rotatable bonds is 7. The van der Waals surface area contributed by atoms with Crippen molar-refractivity contribution >= 4 is 41.0 Å². The highest BCUT2D eigenvalue weighted by Gasteiger charge is 2.38. The molecule has 1 N–H and O–H groups in total. The van der Waals surface area contributed by atoms with E-state index in [9.17, 15) is 14.0 Å². The maximum Gasteiger partial charge on any atom is 0.240 e. The first-order valence-corrected chi connectivity index (χ1v) is 14.7. The number of hydrogen-bond donors (Lipinski definition) is 1. The van der Waals surface area contributed by atoms with Crippen molar-refractivity contribution < 1.29 is 14.0 Å². The molecule has 2 amide bonds. The van der Waals surface area contributed by atoms with Crippen LogP contribution in [0.2, 0.25) is 5.02 Å². The summed E-state index contributed by atoms with van der Waals surface area (Å²) in [5.41, 5.74) is 4.44. The summed E-state index contributed by atoms with van der Waals surface area (Å²) in [6.45, 7) is 0.0358. The standard InChI is InChI=1S/C32H25ClFN5O2S/c33-26-11-5-4-10-25(26)31-29-30(22-8-2-1-3-9-22)37-39(24-14-12-23(34)13-15-24)32(29)38(28(41)20-42-31)19-27(40)36-18-21-7-6-16-35-17-21/h1-17,31H,18-20H2,(H,36,40). The normalized spacial score (nSPS) is 14.8. The van der Waals surface area contributed by atoms with Crippen molar-refractivity contribution in [1.29, 1.82) is 0 Å². The Hall–Kier alpha value is -4.47. The molecule has 2 aromatic heterocycles. The van der Waals surface area contributed by atoms with Crippen molar-refractivity contribution in [3.63, 3.8) is 0 Å². The van der Waals surface area contributed by atoms with Crippen molar-refractivity contribution in [3.05, 3.63) is 131 Å². The quantitative estimate of drug-likeness (QED) is 0.241. The molecule has 3 heterocycles. The van der Waals surface area contributed by atoms with Gasteiger partial charge < -0.3 is 5.32 Å². The van der Waals surface area contributed by atoms with E-state index in [1.165, 1.54) is 28.8 Å². The monoisotopic (exact) mass is 597 g/mol. The summed E-state index contributed by atoms with van der Waals surface area (Å²) in [6.07, 6.45) is 3.34. The van der Waals surface area contributed by atoms with Gasteiger partial charge in [0.25, 0.3) is 0 Å². The van der Waals surface area contributed by atoms with E-state index in [4.69, 9.17) is 16.7 Å². The van der Waals surface area contributed by atoms with Gasteiger partial charge in [-0.15, -0.1) is 11.8 Å². The summed E-state index contributed by atoms with van der Waals surface area (Å²) in [5.74, 6) is -0.440. The van der Waals surface area contributed by atoms with Gasteiger partial charge in [-0.05, 0) is 47.5 Å². The first kappa shape index (κ1) is 27.7. The lowest BCUT2D eigenvalue weighted by Gasteiger charge is -2.23. The molecular formula is C32H25ClFN5O2S. The van der Waals surface area contributed by atoms with Crippen molar-refractivity contribution in [2.75, 3.05) is 17.2 Å². The SMILES string of the molecule is O=C(CN1C(=O)CSC(c2ccccc2Cl)c2c(-c3ccccc3)nn(-c3ccc(F)cc3)c21)NCc1cccnc1. The zero-order valence-corrected chi connectivity index (χ0v) is 23.9. The molecule has 5 aromatic rings. The Kier molecular flexibility index (Phi) is 8.03. The predicted molar refractivity (Wildman–Crippen MR) is 163 cm³/mol. The molecule has 6 rings (SSSR count). The molecule has 0 spiro atoms. The second-order valence-corrected chi connectivity index (χ2v) is 11.2. The molecule has 1 atom stereocenters. The fraction of sp³-hybridized carbons (Fsp3) is 0.125. The molecule has 0 radical (unpaired) electrons. The maximum atomic E-state index is 14.0. The molecule has 7 nitrogen and oxygen atoms in total. The molecule has 1 aliphatic heterocycles. The Balaban J connectivity index is 1.52. The Morgan fingerprint density at radius 2 is 1.76 bits per heavy atom. The number of hydrogen-bond acceptors (Lipinski definition) is 5. The second kappa shape index (κ2) is 12.2. The lowest BCUT2D eigenvalue weighted by Crippen LogP contribution is -2.42. The van der Waals surface area contributed by atoms with Crippen LogP contribution in [0.3, 0.4) is 0 Å². The molecule has 42 heavy (non-hydrogen) atoms. The van der Waals surface area contributed by atoms with Gasteiger partial charge in [-0.2, -0.15) is 5.10 Å². The zero-order valence-electron chi connectivity index (χ0n) is 22.3. The van der Waals surface area contributed by atoms with Gasteiger partial charge in [0, 0.05) is 35.1 Å². The van der Waals surface area contributed by atoms with Crippen molar-refractivity contribution in [3.8, 4) is 16.9 Å². The number of thioether (sulfide) groups is 1. The average molecular weight is 598 g/mol. The predicted octanol–water partition coefficient (Wildman–Crippen LogP) is 6.21. The molecule has 0 fully saturated rings. The largest absolute Gasteiger partial charge is 0.350 e. The van der Waals surface area contributed by atoms with Crippen LogP contribution >= 0.6 is 23.4 Å². The molecule has 0 saturated carbocycles. The lowest BCUT2D eigenvalue weighted by atomic mass is 9.99. The van der Waals surface area contributed by atoms with Crippen molar-refractivity contribution in [2.24, 2.45) is 0 Å². The van der Waals surface area contributed by atoms with E-state index < -0.39 is 5.82 Å². The van der Waals surface area contributed by atoms with E-state index in [1.54, 1.807) is 35.3 Å². The zero-order chi connectivity index (χ0) is 29.1. The van der Waals surface area contributed by atoms with Gasteiger partial charge in [0.15, 0.2) is 0 Å².